The number of nitrogens with zero attached hydrogens (tertiary/aromatic N) is 1. The standard InChI is InChI=1S/C22H25NO4/c1-13-4-5-19-18(6-13)22(24)16(12-27-19)7-14-10-23-11-15-8-20(25-2)21(26-3)9-17(14)15/h8-13,18-19H,4-7H2,1-3H3. The molecular weight excluding hydrogens is 342 g/mol. The molecule has 0 spiro atoms. The summed E-state index contributed by atoms with van der Waals surface area (Å²) in [4.78, 5) is 17.4. The van der Waals surface area contributed by atoms with E-state index in [1.807, 2.05) is 18.3 Å². The molecule has 27 heavy (non-hydrogen) atoms. The summed E-state index contributed by atoms with van der Waals surface area (Å²) in [5.74, 6) is 2.13. The van der Waals surface area contributed by atoms with E-state index >= 15 is 0 Å². The molecule has 2 aliphatic rings. The molecule has 0 saturated heterocycles. The molecule has 1 aliphatic heterocycles. The van der Waals surface area contributed by atoms with E-state index in [0.29, 0.717) is 23.8 Å². The average molecular weight is 367 g/mol. The summed E-state index contributed by atoms with van der Waals surface area (Å²) in [6.07, 6.45) is 8.87. The molecule has 1 fully saturated rings. The molecule has 5 nitrogen and oxygen atoms in total. The van der Waals surface area contributed by atoms with E-state index in [0.717, 1.165) is 41.2 Å². The summed E-state index contributed by atoms with van der Waals surface area (Å²) >= 11 is 0. The van der Waals surface area contributed by atoms with E-state index in [1.54, 1.807) is 26.7 Å². The zero-order valence-electron chi connectivity index (χ0n) is 16.0. The highest BCUT2D eigenvalue weighted by atomic mass is 16.5. The number of fused-ring (bicyclic) bond motifs is 2. The van der Waals surface area contributed by atoms with Crippen molar-refractivity contribution in [1.82, 2.24) is 4.98 Å². The minimum atomic E-state index is -0.00804. The molecule has 3 atom stereocenters. The third-order valence-electron chi connectivity index (χ3n) is 5.81. The van der Waals surface area contributed by atoms with Gasteiger partial charge in [0.1, 0.15) is 6.10 Å². The first-order chi connectivity index (χ1) is 13.1. The van der Waals surface area contributed by atoms with E-state index < -0.39 is 0 Å². The normalized spacial score (nSPS) is 24.8. The number of rotatable bonds is 4. The molecule has 2 aromatic rings. The number of methoxy groups -OCH3 is 2. The van der Waals surface area contributed by atoms with Crippen LogP contribution in [0.4, 0.5) is 0 Å². The Morgan fingerprint density at radius 2 is 1.93 bits per heavy atom. The second-order valence-electron chi connectivity index (χ2n) is 7.61. The van der Waals surface area contributed by atoms with E-state index in [2.05, 4.69) is 11.9 Å². The quantitative estimate of drug-likeness (QED) is 0.815. The van der Waals surface area contributed by atoms with Gasteiger partial charge >= 0.3 is 0 Å². The predicted molar refractivity (Wildman–Crippen MR) is 103 cm³/mol. The lowest BCUT2D eigenvalue weighted by atomic mass is 9.75. The minimum Gasteiger partial charge on any atom is -0.497 e. The number of carbonyl (C=O) groups excluding carboxylic acids is 1. The molecule has 2 heterocycles. The molecule has 1 aliphatic carbocycles. The maximum atomic E-state index is 13.1. The van der Waals surface area contributed by atoms with Crippen LogP contribution in [0.3, 0.4) is 0 Å². The number of ketones is 1. The summed E-state index contributed by atoms with van der Waals surface area (Å²) in [6, 6.07) is 3.86. The molecule has 0 N–H and O–H groups in total. The van der Waals surface area contributed by atoms with Crippen molar-refractivity contribution in [1.29, 1.82) is 0 Å². The number of allylic oxidation sites excluding steroid dienone is 1. The predicted octanol–water partition coefficient (Wildman–Crippen LogP) is 4.08. The first-order valence-electron chi connectivity index (χ1n) is 9.48. The van der Waals surface area contributed by atoms with Crippen LogP contribution in [0.1, 0.15) is 31.7 Å². The van der Waals surface area contributed by atoms with Crippen LogP contribution in [0.15, 0.2) is 36.4 Å². The monoisotopic (exact) mass is 367 g/mol. The van der Waals surface area contributed by atoms with Crippen molar-refractivity contribution in [2.45, 2.75) is 38.7 Å². The van der Waals surface area contributed by atoms with Crippen molar-refractivity contribution in [3.8, 4) is 11.5 Å². The highest BCUT2D eigenvalue weighted by Gasteiger charge is 2.38. The van der Waals surface area contributed by atoms with Gasteiger partial charge in [-0.3, -0.25) is 9.78 Å². The van der Waals surface area contributed by atoms with Crippen LogP contribution in [0.5, 0.6) is 11.5 Å². The van der Waals surface area contributed by atoms with Gasteiger partial charge in [-0.2, -0.15) is 0 Å². The first kappa shape index (κ1) is 17.8. The van der Waals surface area contributed by atoms with Crippen LogP contribution in [-0.4, -0.2) is 31.1 Å². The van der Waals surface area contributed by atoms with Crippen LogP contribution in [0.2, 0.25) is 0 Å². The Morgan fingerprint density at radius 1 is 1.15 bits per heavy atom. The van der Waals surface area contributed by atoms with Crippen molar-refractivity contribution in [3.05, 3.63) is 41.9 Å². The Bertz CT molecular complexity index is 905. The van der Waals surface area contributed by atoms with Gasteiger partial charge in [-0.25, -0.2) is 0 Å². The highest BCUT2D eigenvalue weighted by Crippen LogP contribution is 2.38. The van der Waals surface area contributed by atoms with E-state index in [4.69, 9.17) is 14.2 Å². The fourth-order valence-corrected chi connectivity index (χ4v) is 4.29. The number of hydrogen-bond acceptors (Lipinski definition) is 5. The van der Waals surface area contributed by atoms with Crippen molar-refractivity contribution in [3.63, 3.8) is 0 Å². The number of hydrogen-bond donors (Lipinski definition) is 0. The number of carbonyl (C=O) groups is 1. The maximum Gasteiger partial charge on any atom is 0.169 e. The lowest BCUT2D eigenvalue weighted by Gasteiger charge is -2.36. The molecule has 5 heteroatoms. The number of Topliss-reactive ketones (excluding diaryl/α,β-unsaturated/α-hetero) is 1. The average Bonchev–Trinajstić information content (AvgIpc) is 2.69. The second kappa shape index (κ2) is 7.22. The SMILES string of the molecule is COc1cc2cncc(CC3=COC4CCC(C)CC4C3=O)c2cc1OC. The van der Waals surface area contributed by atoms with Gasteiger partial charge in [0.05, 0.1) is 26.4 Å². The van der Waals surface area contributed by atoms with Gasteiger partial charge in [0, 0.05) is 29.8 Å². The smallest absolute Gasteiger partial charge is 0.169 e. The van der Waals surface area contributed by atoms with Crippen LogP contribution < -0.4 is 9.47 Å². The fraction of sp³-hybridized carbons (Fsp3) is 0.455. The highest BCUT2D eigenvalue weighted by molar-refractivity contribution is 5.99. The maximum absolute atomic E-state index is 13.1. The van der Waals surface area contributed by atoms with Crippen LogP contribution in [-0.2, 0) is 16.0 Å². The number of pyridine rings is 1. The molecule has 1 saturated carbocycles. The molecule has 1 aromatic heterocycles. The van der Waals surface area contributed by atoms with Crippen LogP contribution in [0.25, 0.3) is 10.8 Å². The third kappa shape index (κ3) is 3.27. The van der Waals surface area contributed by atoms with Gasteiger partial charge in [0.2, 0.25) is 0 Å². The third-order valence-corrected chi connectivity index (χ3v) is 5.81. The Balaban J connectivity index is 1.67. The summed E-state index contributed by atoms with van der Waals surface area (Å²) in [6.45, 7) is 2.22. The summed E-state index contributed by atoms with van der Waals surface area (Å²) < 4.78 is 16.8. The van der Waals surface area contributed by atoms with Crippen LogP contribution >= 0.6 is 0 Å². The van der Waals surface area contributed by atoms with Crippen molar-refractivity contribution in [2.24, 2.45) is 11.8 Å². The lowest BCUT2D eigenvalue weighted by molar-refractivity contribution is -0.128. The molecular formula is C22H25NO4. The zero-order chi connectivity index (χ0) is 19.0. The van der Waals surface area contributed by atoms with E-state index in [9.17, 15) is 4.79 Å². The molecule has 4 rings (SSSR count). The van der Waals surface area contributed by atoms with Crippen molar-refractivity contribution < 1.29 is 19.0 Å². The van der Waals surface area contributed by atoms with Crippen molar-refractivity contribution >= 4 is 16.6 Å². The van der Waals surface area contributed by atoms with Gasteiger partial charge in [-0.05, 0) is 48.3 Å². The van der Waals surface area contributed by atoms with E-state index in [1.165, 1.54) is 0 Å². The molecule has 0 bridgehead atoms. The van der Waals surface area contributed by atoms with Gasteiger partial charge in [-0.1, -0.05) is 6.92 Å². The topological polar surface area (TPSA) is 57.7 Å². The van der Waals surface area contributed by atoms with Gasteiger partial charge in [-0.15, -0.1) is 0 Å². The second-order valence-corrected chi connectivity index (χ2v) is 7.61. The number of benzene rings is 1. The fourth-order valence-electron chi connectivity index (χ4n) is 4.29. The summed E-state index contributed by atoms with van der Waals surface area (Å²) in [5, 5.41) is 1.97. The molecule has 0 amide bonds. The first-order valence-corrected chi connectivity index (χ1v) is 9.48. The number of ether oxygens (including phenoxy) is 3. The summed E-state index contributed by atoms with van der Waals surface area (Å²) in [5.41, 5.74) is 1.72. The minimum absolute atomic E-state index is 0.00804. The molecule has 142 valence electrons. The molecule has 1 aromatic carbocycles. The van der Waals surface area contributed by atoms with Crippen molar-refractivity contribution in [2.75, 3.05) is 14.2 Å². The molecule has 3 unspecified atom stereocenters. The Kier molecular flexibility index (Phi) is 4.77. The zero-order valence-corrected chi connectivity index (χ0v) is 16.0. The summed E-state index contributed by atoms with van der Waals surface area (Å²) in [7, 11) is 3.24. The van der Waals surface area contributed by atoms with Gasteiger partial charge < -0.3 is 14.2 Å². The van der Waals surface area contributed by atoms with E-state index in [-0.39, 0.29) is 17.8 Å². The van der Waals surface area contributed by atoms with Gasteiger partial charge in [0.25, 0.3) is 0 Å². The molecule has 0 radical (unpaired) electrons. The Labute approximate surface area is 159 Å². The lowest BCUT2D eigenvalue weighted by Crippen LogP contribution is -2.39. The van der Waals surface area contributed by atoms with Gasteiger partial charge in [0.15, 0.2) is 17.3 Å². The largest absolute Gasteiger partial charge is 0.497 e. The Hall–Kier alpha value is -2.56. The number of aromatic nitrogens is 1. The van der Waals surface area contributed by atoms with Crippen LogP contribution in [0, 0.1) is 11.8 Å². The Morgan fingerprint density at radius 3 is 2.70 bits per heavy atom.